The number of carbonyl (C=O) groups excluding carboxylic acids is 3. The third-order valence-corrected chi connectivity index (χ3v) is 5.64. The Balaban J connectivity index is 1.88. The zero-order valence-electron chi connectivity index (χ0n) is 22.0. The number of aryl methyl sites for hydroxylation is 1. The van der Waals surface area contributed by atoms with Crippen LogP contribution < -0.4 is 11.1 Å². The minimum Gasteiger partial charge on any atom is -0.458 e. The first kappa shape index (κ1) is 28.3. The van der Waals surface area contributed by atoms with E-state index in [9.17, 15) is 18.8 Å². The molecule has 0 saturated carbocycles. The Bertz CT molecular complexity index is 1320. The second-order valence-corrected chi connectivity index (χ2v) is 10.0. The van der Waals surface area contributed by atoms with Gasteiger partial charge in [-0.2, -0.15) is 0 Å². The first-order valence-electron chi connectivity index (χ1n) is 12.3. The number of carbonyl (C=O) groups is 3. The lowest BCUT2D eigenvalue weighted by molar-refractivity contribution is -0.157. The molecule has 3 N–H and O–H groups in total. The number of imidazole rings is 1. The minimum absolute atomic E-state index is 0.0224. The number of ether oxygens (including phenoxy) is 1. The van der Waals surface area contributed by atoms with E-state index in [0.717, 1.165) is 22.4 Å². The molecule has 2 amide bonds. The molecule has 0 aliphatic heterocycles. The van der Waals surface area contributed by atoms with Crippen LogP contribution in [0, 0.1) is 12.7 Å². The summed E-state index contributed by atoms with van der Waals surface area (Å²) in [6.45, 7) is 7.59. The second-order valence-electron chi connectivity index (χ2n) is 10.0. The first-order valence-corrected chi connectivity index (χ1v) is 12.3. The fraction of sp³-hybridized carbons (Fsp3) is 0.310. The molecule has 1 heterocycles. The number of esters is 1. The minimum atomic E-state index is -1.03. The van der Waals surface area contributed by atoms with E-state index in [1.54, 1.807) is 63.6 Å². The number of amides is 2. The Hall–Kier alpha value is -4.27. The van der Waals surface area contributed by atoms with Crippen molar-refractivity contribution >= 4 is 29.4 Å². The Kier molecular flexibility index (Phi) is 9.17. The highest BCUT2D eigenvalue weighted by molar-refractivity contribution is 5.97. The summed E-state index contributed by atoms with van der Waals surface area (Å²) in [5.74, 6) is -2.05. The molecule has 0 aliphatic carbocycles. The van der Waals surface area contributed by atoms with Crippen molar-refractivity contribution in [3.8, 4) is 0 Å². The zero-order chi connectivity index (χ0) is 27.9. The highest BCUT2D eigenvalue weighted by Crippen LogP contribution is 2.22. The van der Waals surface area contributed by atoms with E-state index in [-0.39, 0.29) is 18.7 Å². The third-order valence-electron chi connectivity index (χ3n) is 5.64. The van der Waals surface area contributed by atoms with Crippen LogP contribution in [0.5, 0.6) is 0 Å². The summed E-state index contributed by atoms with van der Waals surface area (Å²) in [7, 11) is 0. The van der Waals surface area contributed by atoms with Gasteiger partial charge in [-0.15, -0.1) is 0 Å². The van der Waals surface area contributed by atoms with E-state index in [1.165, 1.54) is 12.1 Å². The second kappa shape index (κ2) is 12.3. The van der Waals surface area contributed by atoms with Gasteiger partial charge in [-0.3, -0.25) is 9.59 Å². The van der Waals surface area contributed by atoms with E-state index < -0.39 is 29.4 Å². The molecule has 0 fully saturated rings. The van der Waals surface area contributed by atoms with Gasteiger partial charge in [0.25, 0.3) is 5.91 Å². The maximum absolute atomic E-state index is 13.6. The number of halogens is 1. The lowest BCUT2D eigenvalue weighted by atomic mass is 10.0. The van der Waals surface area contributed by atoms with E-state index >= 15 is 0 Å². The number of nitrogens with one attached hydrogen (secondary N) is 1. The van der Waals surface area contributed by atoms with E-state index in [2.05, 4.69) is 10.3 Å². The Labute approximate surface area is 221 Å². The fourth-order valence-corrected chi connectivity index (χ4v) is 3.74. The molecular weight excluding hydrogens is 487 g/mol. The summed E-state index contributed by atoms with van der Waals surface area (Å²) in [6.07, 6.45) is 5.34. The summed E-state index contributed by atoms with van der Waals surface area (Å²) in [5, 5.41) is 2.68. The Morgan fingerprint density at radius 3 is 2.45 bits per heavy atom. The molecule has 1 atom stereocenters. The number of hydrogen-bond donors (Lipinski definition) is 2. The number of benzene rings is 2. The van der Waals surface area contributed by atoms with Crippen molar-refractivity contribution in [2.75, 3.05) is 0 Å². The molecule has 0 bridgehead atoms. The monoisotopic (exact) mass is 520 g/mol. The molecule has 0 saturated heterocycles. The van der Waals surface area contributed by atoms with Crippen LogP contribution in [0.25, 0.3) is 11.6 Å². The number of allylic oxidation sites excluding steroid dienone is 1. The summed E-state index contributed by atoms with van der Waals surface area (Å²) in [5.41, 5.74) is 8.23. The van der Waals surface area contributed by atoms with Gasteiger partial charge in [0.15, 0.2) is 0 Å². The largest absolute Gasteiger partial charge is 0.458 e. The van der Waals surface area contributed by atoms with Crippen LogP contribution >= 0.6 is 0 Å². The van der Waals surface area contributed by atoms with Gasteiger partial charge in [-0.1, -0.05) is 24.3 Å². The molecule has 0 radical (unpaired) electrons. The summed E-state index contributed by atoms with van der Waals surface area (Å²) in [4.78, 5) is 41.3. The third kappa shape index (κ3) is 8.40. The number of rotatable bonds is 10. The standard InChI is InChI=1S/C29H33FN4O4/c1-19-16-32-18-34(19)17-23(21-8-10-24(30)11-9-21)15-20-6-5-7-22(14-20)27(36)33-25(12-13-26(31)35)28(37)38-29(2,3)4/h5-11,14-16,18,25H,12-13,17H2,1-4H3,(H2,31,35)(H,33,36)/t25-/m0/s1. The van der Waals surface area contributed by atoms with Crippen molar-refractivity contribution in [3.05, 3.63) is 89.3 Å². The van der Waals surface area contributed by atoms with Crippen molar-refractivity contribution in [3.63, 3.8) is 0 Å². The normalized spacial score (nSPS) is 12.6. The molecule has 200 valence electrons. The van der Waals surface area contributed by atoms with Crippen LogP contribution in [0.1, 0.15) is 60.8 Å². The number of nitrogens with zero attached hydrogens (tertiary/aromatic N) is 2. The van der Waals surface area contributed by atoms with Gasteiger partial charge in [-0.25, -0.2) is 14.2 Å². The van der Waals surface area contributed by atoms with Gasteiger partial charge in [0.1, 0.15) is 17.5 Å². The highest BCUT2D eigenvalue weighted by Gasteiger charge is 2.27. The molecule has 0 unspecified atom stereocenters. The smallest absolute Gasteiger partial charge is 0.329 e. The molecule has 0 spiro atoms. The maximum Gasteiger partial charge on any atom is 0.329 e. The average Bonchev–Trinajstić information content (AvgIpc) is 3.24. The van der Waals surface area contributed by atoms with Crippen LogP contribution in [-0.2, 0) is 20.9 Å². The van der Waals surface area contributed by atoms with Crippen molar-refractivity contribution < 1.29 is 23.5 Å². The van der Waals surface area contributed by atoms with Gasteiger partial charge < -0.3 is 20.4 Å². The van der Waals surface area contributed by atoms with Crippen molar-refractivity contribution in [2.45, 2.75) is 58.7 Å². The number of aromatic nitrogens is 2. The van der Waals surface area contributed by atoms with Crippen molar-refractivity contribution in [1.29, 1.82) is 0 Å². The molecule has 38 heavy (non-hydrogen) atoms. The van der Waals surface area contributed by atoms with Gasteiger partial charge in [0.05, 0.1) is 6.33 Å². The van der Waals surface area contributed by atoms with E-state index in [1.807, 2.05) is 23.6 Å². The average molecular weight is 521 g/mol. The van der Waals surface area contributed by atoms with Crippen LogP contribution in [0.2, 0.25) is 0 Å². The molecule has 0 aliphatic rings. The predicted octanol–water partition coefficient (Wildman–Crippen LogP) is 4.28. The summed E-state index contributed by atoms with van der Waals surface area (Å²) in [6, 6.07) is 12.1. The van der Waals surface area contributed by atoms with Gasteiger partial charge in [-0.05, 0) is 81.2 Å². The zero-order valence-corrected chi connectivity index (χ0v) is 22.0. The molecule has 8 nitrogen and oxygen atoms in total. The maximum atomic E-state index is 13.6. The van der Waals surface area contributed by atoms with Gasteiger partial charge in [0, 0.05) is 30.4 Å². The molecule has 3 aromatic rings. The van der Waals surface area contributed by atoms with Crippen molar-refractivity contribution in [2.24, 2.45) is 5.73 Å². The topological polar surface area (TPSA) is 116 Å². The lowest BCUT2D eigenvalue weighted by Crippen LogP contribution is -2.44. The predicted molar refractivity (Wildman–Crippen MR) is 143 cm³/mol. The number of hydrogen-bond acceptors (Lipinski definition) is 5. The number of primary amides is 1. The quantitative estimate of drug-likeness (QED) is 0.306. The summed E-state index contributed by atoms with van der Waals surface area (Å²) >= 11 is 0. The Morgan fingerprint density at radius 2 is 1.84 bits per heavy atom. The molecule has 2 aromatic carbocycles. The van der Waals surface area contributed by atoms with Crippen LogP contribution in [0.4, 0.5) is 4.39 Å². The van der Waals surface area contributed by atoms with Gasteiger partial charge in [0.2, 0.25) is 5.91 Å². The SMILES string of the molecule is Cc1cncn1CC(=Cc1cccc(C(=O)N[C@@H](CCC(N)=O)C(=O)OC(C)(C)C)c1)c1ccc(F)cc1. The Morgan fingerprint density at radius 1 is 1.13 bits per heavy atom. The van der Waals surface area contributed by atoms with Crippen LogP contribution in [0.3, 0.4) is 0 Å². The molecule has 9 heteroatoms. The molecular formula is C29H33FN4O4. The molecule has 3 rings (SSSR count). The van der Waals surface area contributed by atoms with Crippen LogP contribution in [0.15, 0.2) is 61.1 Å². The van der Waals surface area contributed by atoms with E-state index in [4.69, 9.17) is 10.5 Å². The van der Waals surface area contributed by atoms with Gasteiger partial charge >= 0.3 is 5.97 Å². The molecule has 1 aromatic heterocycles. The summed E-state index contributed by atoms with van der Waals surface area (Å²) < 4.78 is 21.0. The van der Waals surface area contributed by atoms with Crippen molar-refractivity contribution in [1.82, 2.24) is 14.9 Å². The van der Waals surface area contributed by atoms with E-state index in [0.29, 0.717) is 12.1 Å². The number of nitrogens with two attached hydrogens (primary N) is 1. The van der Waals surface area contributed by atoms with Crippen LogP contribution in [-0.4, -0.2) is 39.0 Å². The first-order chi connectivity index (χ1) is 17.9. The fourth-order valence-electron chi connectivity index (χ4n) is 3.74. The highest BCUT2D eigenvalue weighted by atomic mass is 19.1. The lowest BCUT2D eigenvalue weighted by Gasteiger charge is -2.24.